The topological polar surface area (TPSA) is 47.6 Å². The molecule has 1 unspecified atom stereocenters. The van der Waals surface area contributed by atoms with Crippen molar-refractivity contribution in [3.05, 3.63) is 35.9 Å². The Morgan fingerprint density at radius 2 is 1.48 bits per heavy atom. The van der Waals surface area contributed by atoms with Crippen LogP contribution in [-0.4, -0.2) is 30.0 Å². The van der Waals surface area contributed by atoms with Gasteiger partial charge in [0.1, 0.15) is 11.3 Å². The van der Waals surface area contributed by atoms with Crippen molar-refractivity contribution in [2.45, 2.75) is 116 Å². The van der Waals surface area contributed by atoms with Gasteiger partial charge in [-0.1, -0.05) is 83.4 Å². The molecule has 1 atom stereocenters. The van der Waals surface area contributed by atoms with Crippen molar-refractivity contribution in [1.29, 1.82) is 0 Å². The first-order valence-corrected chi connectivity index (χ1v) is 12.1. The maximum absolute atomic E-state index is 16.7. The SMILES string of the molecule is CCCCCCC(F)(CCCCCC)C1(C)OB(NC(=O)c2ccccc2)OC1(C)C. The highest BCUT2D eigenvalue weighted by Crippen LogP contribution is 2.50. The zero-order valence-corrected chi connectivity index (χ0v) is 20.1. The van der Waals surface area contributed by atoms with E-state index in [2.05, 4.69) is 19.1 Å². The minimum absolute atomic E-state index is 0.291. The molecule has 0 spiro atoms. The molecule has 1 amide bonds. The molecular weight excluding hydrogens is 392 g/mol. The fraction of sp³-hybridized carbons (Fsp3) is 0.720. The van der Waals surface area contributed by atoms with E-state index in [1.165, 1.54) is 0 Å². The molecule has 174 valence electrons. The van der Waals surface area contributed by atoms with E-state index in [4.69, 9.17) is 9.31 Å². The first kappa shape index (κ1) is 25.9. The largest absolute Gasteiger partial charge is 0.594 e. The summed E-state index contributed by atoms with van der Waals surface area (Å²) in [5, 5.41) is 2.78. The monoisotopic (exact) mass is 433 g/mol. The van der Waals surface area contributed by atoms with Crippen LogP contribution >= 0.6 is 0 Å². The van der Waals surface area contributed by atoms with Crippen molar-refractivity contribution in [3.8, 4) is 0 Å². The molecule has 0 bridgehead atoms. The molecule has 2 rings (SSSR count). The molecule has 1 aliphatic heterocycles. The Labute approximate surface area is 188 Å². The van der Waals surface area contributed by atoms with Crippen LogP contribution in [0.1, 0.15) is 109 Å². The van der Waals surface area contributed by atoms with Gasteiger partial charge in [-0.25, -0.2) is 4.39 Å². The van der Waals surface area contributed by atoms with E-state index in [0.717, 1.165) is 51.4 Å². The lowest BCUT2D eigenvalue weighted by Crippen LogP contribution is -2.60. The molecule has 1 aromatic carbocycles. The second kappa shape index (κ2) is 11.5. The van der Waals surface area contributed by atoms with Gasteiger partial charge in [-0.2, -0.15) is 0 Å². The third-order valence-corrected chi connectivity index (χ3v) is 6.89. The molecule has 4 nitrogen and oxygen atoms in total. The third kappa shape index (κ3) is 6.32. The van der Waals surface area contributed by atoms with Gasteiger partial charge in [-0.15, -0.1) is 0 Å². The number of benzene rings is 1. The van der Waals surface area contributed by atoms with Gasteiger partial charge in [0.2, 0.25) is 5.91 Å². The van der Waals surface area contributed by atoms with E-state index in [0.29, 0.717) is 18.4 Å². The predicted molar refractivity (Wildman–Crippen MR) is 126 cm³/mol. The van der Waals surface area contributed by atoms with Gasteiger partial charge in [-0.3, -0.25) is 4.79 Å². The van der Waals surface area contributed by atoms with E-state index in [1.54, 1.807) is 24.3 Å². The van der Waals surface area contributed by atoms with Gasteiger partial charge in [0.25, 0.3) is 0 Å². The quantitative estimate of drug-likeness (QED) is 0.280. The average molecular weight is 433 g/mol. The fourth-order valence-corrected chi connectivity index (χ4v) is 4.51. The third-order valence-electron chi connectivity index (χ3n) is 6.89. The molecule has 1 aromatic rings. The van der Waals surface area contributed by atoms with Crippen molar-refractivity contribution < 1.29 is 18.5 Å². The lowest BCUT2D eigenvalue weighted by molar-refractivity contribution is -0.132. The lowest BCUT2D eigenvalue weighted by atomic mass is 9.70. The molecule has 1 saturated heterocycles. The number of hydrogen-bond acceptors (Lipinski definition) is 3. The highest BCUT2D eigenvalue weighted by molar-refractivity contribution is 6.47. The van der Waals surface area contributed by atoms with Crippen LogP contribution in [0.5, 0.6) is 0 Å². The van der Waals surface area contributed by atoms with Gasteiger partial charge in [0.15, 0.2) is 0 Å². The summed E-state index contributed by atoms with van der Waals surface area (Å²) >= 11 is 0. The molecule has 1 fully saturated rings. The first-order valence-electron chi connectivity index (χ1n) is 12.1. The molecule has 0 aliphatic carbocycles. The van der Waals surface area contributed by atoms with Gasteiger partial charge in [-0.05, 0) is 45.7 Å². The minimum atomic E-state index is -1.52. The van der Waals surface area contributed by atoms with Crippen LogP contribution in [0.15, 0.2) is 30.3 Å². The summed E-state index contributed by atoms with van der Waals surface area (Å²) in [5.74, 6) is -0.291. The van der Waals surface area contributed by atoms with E-state index in [-0.39, 0.29) is 5.91 Å². The maximum atomic E-state index is 16.7. The van der Waals surface area contributed by atoms with Crippen molar-refractivity contribution in [2.75, 3.05) is 0 Å². The Morgan fingerprint density at radius 3 is 2.00 bits per heavy atom. The Kier molecular flexibility index (Phi) is 9.56. The second-order valence-electron chi connectivity index (χ2n) is 9.54. The highest BCUT2D eigenvalue weighted by Gasteiger charge is 2.65. The minimum Gasteiger partial charge on any atom is -0.384 e. The first-order chi connectivity index (χ1) is 14.7. The van der Waals surface area contributed by atoms with Crippen LogP contribution < -0.4 is 5.23 Å². The van der Waals surface area contributed by atoms with Crippen molar-refractivity contribution >= 4 is 13.2 Å². The summed E-state index contributed by atoms with van der Waals surface area (Å²) in [4.78, 5) is 12.6. The zero-order chi connectivity index (χ0) is 23.0. The molecule has 6 heteroatoms. The van der Waals surface area contributed by atoms with Crippen LogP contribution in [0.25, 0.3) is 0 Å². The number of carbonyl (C=O) groups is 1. The Bertz CT molecular complexity index is 673. The Hall–Kier alpha value is -1.40. The standard InChI is InChI=1S/C25H41BFNO3/c1-6-8-10-15-19-25(27,20-16-11-9-7-2)24(5)23(3,4)30-26(31-24)28-22(29)21-17-13-12-14-18-21/h12-14,17-18H,6-11,15-16,19-20H2,1-5H3,(H,28,29). The molecule has 31 heavy (non-hydrogen) atoms. The number of unbranched alkanes of at least 4 members (excludes halogenated alkanes) is 6. The summed E-state index contributed by atoms with van der Waals surface area (Å²) in [6, 6.07) is 8.93. The molecule has 1 aliphatic rings. The highest BCUT2D eigenvalue weighted by atomic mass is 19.1. The summed E-state index contributed by atoms with van der Waals surface area (Å²) in [6.45, 7) is 9.88. The van der Waals surface area contributed by atoms with Gasteiger partial charge in [0, 0.05) is 5.56 Å². The van der Waals surface area contributed by atoms with Crippen LogP contribution in [0, 0.1) is 0 Å². The zero-order valence-electron chi connectivity index (χ0n) is 20.1. The fourth-order valence-electron chi connectivity index (χ4n) is 4.51. The molecule has 0 saturated carbocycles. The molecular formula is C25H41BFNO3. The predicted octanol–water partition coefficient (Wildman–Crippen LogP) is 6.63. The lowest BCUT2D eigenvalue weighted by Gasteiger charge is -2.47. The van der Waals surface area contributed by atoms with Crippen LogP contribution in [0.3, 0.4) is 0 Å². The van der Waals surface area contributed by atoms with Gasteiger partial charge in [0.05, 0.1) is 5.60 Å². The van der Waals surface area contributed by atoms with E-state index in [1.807, 2.05) is 26.8 Å². The number of rotatable bonds is 13. The van der Waals surface area contributed by atoms with Crippen LogP contribution in [0.2, 0.25) is 0 Å². The van der Waals surface area contributed by atoms with Gasteiger partial charge < -0.3 is 14.5 Å². The normalized spacial score (nSPS) is 20.8. The molecule has 0 aromatic heterocycles. The number of halogens is 1. The molecule has 0 radical (unpaired) electrons. The number of hydrogen-bond donors (Lipinski definition) is 1. The van der Waals surface area contributed by atoms with Crippen molar-refractivity contribution in [1.82, 2.24) is 5.23 Å². The molecule has 1 N–H and O–H groups in total. The van der Waals surface area contributed by atoms with Gasteiger partial charge >= 0.3 is 7.25 Å². The average Bonchev–Trinajstić information content (AvgIpc) is 2.98. The van der Waals surface area contributed by atoms with E-state index in [9.17, 15) is 4.79 Å². The Morgan fingerprint density at radius 1 is 0.935 bits per heavy atom. The summed E-state index contributed by atoms with van der Waals surface area (Å²) < 4.78 is 29.0. The summed E-state index contributed by atoms with van der Waals surface area (Å²) in [6.07, 6.45) is 9.03. The van der Waals surface area contributed by atoms with Crippen LogP contribution in [0.4, 0.5) is 4.39 Å². The number of amides is 1. The maximum Gasteiger partial charge on any atom is 0.594 e. The van der Waals surface area contributed by atoms with Crippen molar-refractivity contribution in [2.24, 2.45) is 0 Å². The van der Waals surface area contributed by atoms with E-state index < -0.39 is 24.1 Å². The van der Waals surface area contributed by atoms with Crippen molar-refractivity contribution in [3.63, 3.8) is 0 Å². The number of nitrogens with one attached hydrogen (secondary N) is 1. The van der Waals surface area contributed by atoms with Crippen LogP contribution in [-0.2, 0) is 9.31 Å². The number of alkyl halides is 1. The number of carbonyl (C=O) groups excluding carboxylic acids is 1. The summed E-state index contributed by atoms with van der Waals surface area (Å²) in [5.41, 5.74) is -3.05. The Balaban J connectivity index is 2.16. The second-order valence-corrected chi connectivity index (χ2v) is 9.54. The van der Waals surface area contributed by atoms with E-state index >= 15 is 4.39 Å². The molecule has 1 heterocycles. The smallest absolute Gasteiger partial charge is 0.384 e. The summed E-state index contributed by atoms with van der Waals surface area (Å²) in [7, 11) is -0.978.